The molecule has 2 aromatic rings. The van der Waals surface area contributed by atoms with Crippen LogP contribution in [0.5, 0.6) is 0 Å². The van der Waals surface area contributed by atoms with Crippen LogP contribution in [-0.2, 0) is 16.6 Å². The molecule has 1 amide bonds. The highest BCUT2D eigenvalue weighted by atomic mass is 16.2. The first-order valence-corrected chi connectivity index (χ1v) is 9.33. The zero-order valence-corrected chi connectivity index (χ0v) is 16.3. The summed E-state index contributed by atoms with van der Waals surface area (Å²) in [6, 6.07) is 7.61. The molecular weight excluding hydrogens is 340 g/mol. The molecule has 5 nitrogen and oxygen atoms in total. The maximum absolute atomic E-state index is 12.9. The van der Waals surface area contributed by atoms with Gasteiger partial charge in [-0.05, 0) is 56.0 Å². The molecule has 1 aromatic carbocycles. The van der Waals surface area contributed by atoms with Crippen molar-refractivity contribution in [3.8, 4) is 0 Å². The number of aromatic nitrogens is 1. The number of nitrogens with zero attached hydrogens (tertiary/aromatic N) is 1. The Morgan fingerprint density at radius 1 is 1.19 bits per heavy atom. The van der Waals surface area contributed by atoms with Crippen molar-refractivity contribution >= 4 is 17.5 Å². The van der Waals surface area contributed by atoms with E-state index in [0.717, 1.165) is 22.3 Å². The highest BCUT2D eigenvalue weighted by Gasteiger charge is 2.42. The molecular formula is C22H26N2O3. The summed E-state index contributed by atoms with van der Waals surface area (Å²) < 4.78 is 1.75. The lowest BCUT2D eigenvalue weighted by molar-refractivity contribution is -0.124. The molecule has 0 aliphatic heterocycles. The van der Waals surface area contributed by atoms with Crippen molar-refractivity contribution in [2.24, 2.45) is 13.0 Å². The molecule has 1 aromatic heterocycles. The molecule has 1 aliphatic carbocycles. The molecule has 1 aliphatic rings. The predicted octanol–water partition coefficient (Wildman–Crippen LogP) is 3.01. The first-order valence-electron chi connectivity index (χ1n) is 9.33. The van der Waals surface area contributed by atoms with Crippen molar-refractivity contribution in [2.75, 3.05) is 6.54 Å². The van der Waals surface area contributed by atoms with E-state index in [0.29, 0.717) is 18.7 Å². The van der Waals surface area contributed by atoms with Crippen LogP contribution >= 0.6 is 0 Å². The molecule has 2 unspecified atom stereocenters. The van der Waals surface area contributed by atoms with Crippen molar-refractivity contribution in [1.82, 2.24) is 9.88 Å². The number of carbonyl (C=O) groups excluding carboxylic acids is 3. The van der Waals surface area contributed by atoms with Gasteiger partial charge in [-0.3, -0.25) is 14.4 Å². The van der Waals surface area contributed by atoms with Gasteiger partial charge in [0.15, 0.2) is 5.78 Å². The van der Waals surface area contributed by atoms with Gasteiger partial charge in [0.05, 0.1) is 0 Å². The maximum Gasteiger partial charge on any atom is 0.267 e. The number of aryl methyl sites for hydroxylation is 4. The third-order valence-corrected chi connectivity index (χ3v) is 5.44. The highest BCUT2D eigenvalue weighted by Crippen LogP contribution is 2.37. The first kappa shape index (κ1) is 19.1. The van der Waals surface area contributed by atoms with Crippen LogP contribution < -0.4 is 5.32 Å². The van der Waals surface area contributed by atoms with Crippen molar-refractivity contribution < 1.29 is 14.4 Å². The Hall–Kier alpha value is -2.69. The summed E-state index contributed by atoms with van der Waals surface area (Å²) in [7, 11) is 1.81. The molecule has 2 atom stereocenters. The van der Waals surface area contributed by atoms with E-state index in [1.807, 2.05) is 52.2 Å². The maximum atomic E-state index is 12.9. The SMILES string of the molecule is Cc1cc(C)c(C2C(=O)CC(CCNC(=O)c3cccn3C)C2=O)c(C)c1. The van der Waals surface area contributed by atoms with E-state index in [2.05, 4.69) is 5.32 Å². The average Bonchev–Trinajstić information content (AvgIpc) is 3.12. The number of Topliss-reactive ketones (excluding diaryl/α,β-unsaturated/α-hetero) is 2. The topological polar surface area (TPSA) is 68.2 Å². The van der Waals surface area contributed by atoms with Crippen LogP contribution in [0.2, 0.25) is 0 Å². The van der Waals surface area contributed by atoms with Crippen LogP contribution in [0.1, 0.15) is 51.5 Å². The van der Waals surface area contributed by atoms with E-state index in [1.165, 1.54) is 0 Å². The van der Waals surface area contributed by atoms with Gasteiger partial charge in [-0.25, -0.2) is 0 Å². The van der Waals surface area contributed by atoms with Gasteiger partial charge in [-0.15, -0.1) is 0 Å². The number of rotatable bonds is 5. The summed E-state index contributed by atoms with van der Waals surface area (Å²) in [4.78, 5) is 37.7. The number of carbonyl (C=O) groups is 3. The molecule has 0 spiro atoms. The van der Waals surface area contributed by atoms with Gasteiger partial charge in [0.25, 0.3) is 5.91 Å². The second-order valence-corrected chi connectivity index (χ2v) is 7.56. The number of benzene rings is 1. The van der Waals surface area contributed by atoms with Gasteiger partial charge < -0.3 is 9.88 Å². The van der Waals surface area contributed by atoms with Crippen LogP contribution in [0.25, 0.3) is 0 Å². The van der Waals surface area contributed by atoms with E-state index in [1.54, 1.807) is 10.6 Å². The monoisotopic (exact) mass is 366 g/mol. The molecule has 1 saturated carbocycles. The second kappa shape index (κ2) is 7.51. The Labute approximate surface area is 159 Å². The lowest BCUT2D eigenvalue weighted by Gasteiger charge is -2.16. The smallest absolute Gasteiger partial charge is 0.267 e. The molecule has 0 radical (unpaired) electrons. The third-order valence-electron chi connectivity index (χ3n) is 5.44. The summed E-state index contributed by atoms with van der Waals surface area (Å²) in [5, 5.41) is 2.85. The Kier molecular flexibility index (Phi) is 5.31. The largest absolute Gasteiger partial charge is 0.351 e. The fraction of sp³-hybridized carbons (Fsp3) is 0.409. The average molecular weight is 366 g/mol. The number of hydrogen-bond donors (Lipinski definition) is 1. The highest BCUT2D eigenvalue weighted by molar-refractivity contribution is 6.15. The van der Waals surface area contributed by atoms with Crippen LogP contribution in [0, 0.1) is 26.7 Å². The standard InChI is InChI=1S/C22H26N2O3/c1-13-10-14(2)19(15(3)11-13)20-18(25)12-16(21(20)26)7-8-23-22(27)17-6-5-9-24(17)4/h5-6,9-11,16,20H,7-8,12H2,1-4H3,(H,23,27). The molecule has 27 heavy (non-hydrogen) atoms. The molecule has 0 saturated heterocycles. The fourth-order valence-electron chi connectivity index (χ4n) is 4.20. The lowest BCUT2D eigenvalue weighted by Crippen LogP contribution is -2.28. The van der Waals surface area contributed by atoms with Crippen molar-refractivity contribution in [3.05, 3.63) is 58.4 Å². The van der Waals surface area contributed by atoms with Gasteiger partial charge >= 0.3 is 0 Å². The molecule has 3 rings (SSSR count). The van der Waals surface area contributed by atoms with Crippen LogP contribution in [-0.4, -0.2) is 28.6 Å². The number of amides is 1. The van der Waals surface area contributed by atoms with E-state index in [9.17, 15) is 14.4 Å². The Bertz CT molecular complexity index is 887. The van der Waals surface area contributed by atoms with E-state index >= 15 is 0 Å². The molecule has 0 bridgehead atoms. The summed E-state index contributed by atoms with van der Waals surface area (Å²) in [5.74, 6) is -1.16. The minimum absolute atomic E-state index is 0.00573. The molecule has 1 N–H and O–H groups in total. The third kappa shape index (κ3) is 3.72. The zero-order valence-electron chi connectivity index (χ0n) is 16.3. The van der Waals surface area contributed by atoms with Crippen LogP contribution in [0.4, 0.5) is 0 Å². The van der Waals surface area contributed by atoms with E-state index in [4.69, 9.17) is 0 Å². The number of nitrogens with one attached hydrogen (secondary N) is 1. The van der Waals surface area contributed by atoms with Crippen LogP contribution in [0.15, 0.2) is 30.5 Å². The van der Waals surface area contributed by atoms with Crippen molar-refractivity contribution in [1.29, 1.82) is 0 Å². The van der Waals surface area contributed by atoms with Gasteiger partial charge in [-0.1, -0.05) is 17.7 Å². The van der Waals surface area contributed by atoms with Gasteiger partial charge in [0, 0.05) is 32.1 Å². The lowest BCUT2D eigenvalue weighted by atomic mass is 9.86. The Morgan fingerprint density at radius 2 is 1.85 bits per heavy atom. The summed E-state index contributed by atoms with van der Waals surface area (Å²) in [6.45, 7) is 6.32. The fourth-order valence-corrected chi connectivity index (χ4v) is 4.20. The molecule has 5 heteroatoms. The Balaban J connectivity index is 1.66. The van der Waals surface area contributed by atoms with Crippen molar-refractivity contribution in [3.63, 3.8) is 0 Å². The molecule has 1 heterocycles. The minimum atomic E-state index is -0.654. The molecule has 1 fully saturated rings. The van der Waals surface area contributed by atoms with Crippen LogP contribution in [0.3, 0.4) is 0 Å². The minimum Gasteiger partial charge on any atom is -0.351 e. The number of hydrogen-bond acceptors (Lipinski definition) is 3. The Morgan fingerprint density at radius 3 is 2.44 bits per heavy atom. The van der Waals surface area contributed by atoms with Gasteiger partial charge in [0.1, 0.15) is 17.4 Å². The quantitative estimate of drug-likeness (QED) is 0.827. The normalized spacial score (nSPS) is 19.6. The predicted molar refractivity (Wildman–Crippen MR) is 104 cm³/mol. The molecule has 142 valence electrons. The summed E-state index contributed by atoms with van der Waals surface area (Å²) in [5.41, 5.74) is 4.57. The van der Waals surface area contributed by atoms with Gasteiger partial charge in [0.2, 0.25) is 0 Å². The summed E-state index contributed by atoms with van der Waals surface area (Å²) >= 11 is 0. The second-order valence-electron chi connectivity index (χ2n) is 7.56. The summed E-state index contributed by atoms with van der Waals surface area (Å²) in [6.07, 6.45) is 2.56. The van der Waals surface area contributed by atoms with Gasteiger partial charge in [-0.2, -0.15) is 0 Å². The van der Waals surface area contributed by atoms with E-state index in [-0.39, 0.29) is 29.8 Å². The van der Waals surface area contributed by atoms with Crippen molar-refractivity contribution in [2.45, 2.75) is 39.5 Å². The zero-order chi connectivity index (χ0) is 19.7. The first-order chi connectivity index (χ1) is 12.8. The van der Waals surface area contributed by atoms with E-state index < -0.39 is 5.92 Å². The number of ketones is 2.